The zero-order chi connectivity index (χ0) is 14.5. The summed E-state index contributed by atoms with van der Waals surface area (Å²) in [5.41, 5.74) is 3.93. The predicted octanol–water partition coefficient (Wildman–Crippen LogP) is 4.55. The molecule has 1 heterocycles. The van der Waals surface area contributed by atoms with Gasteiger partial charge in [0, 0.05) is 5.56 Å². The van der Waals surface area contributed by atoms with Gasteiger partial charge in [0.1, 0.15) is 11.5 Å². The predicted molar refractivity (Wildman–Crippen MR) is 84.1 cm³/mol. The Bertz CT molecular complexity index is 539. The number of hydrogen-bond donors (Lipinski definition) is 1. The minimum Gasteiger partial charge on any atom is -0.466 e. The van der Waals surface area contributed by atoms with Crippen molar-refractivity contribution in [2.45, 2.75) is 46.6 Å². The second kappa shape index (κ2) is 6.76. The van der Waals surface area contributed by atoms with E-state index in [0.29, 0.717) is 0 Å². The second-order valence-electron chi connectivity index (χ2n) is 5.35. The summed E-state index contributed by atoms with van der Waals surface area (Å²) in [6.07, 6.45) is 2.20. The molecule has 0 bridgehead atoms. The molecule has 2 aromatic rings. The SMILES string of the molecule is CCCNC(c1ccc(CC)cc1)c1cc(C)oc1C. The van der Waals surface area contributed by atoms with Crippen LogP contribution in [0.5, 0.6) is 0 Å². The van der Waals surface area contributed by atoms with E-state index in [9.17, 15) is 0 Å². The molecule has 2 nitrogen and oxygen atoms in total. The molecule has 0 aliphatic carbocycles. The first kappa shape index (κ1) is 14.9. The van der Waals surface area contributed by atoms with Crippen molar-refractivity contribution in [3.8, 4) is 0 Å². The Morgan fingerprint density at radius 1 is 1.10 bits per heavy atom. The van der Waals surface area contributed by atoms with Gasteiger partial charge in [0.25, 0.3) is 0 Å². The van der Waals surface area contributed by atoms with Gasteiger partial charge in [-0.1, -0.05) is 38.1 Å². The summed E-state index contributed by atoms with van der Waals surface area (Å²) in [4.78, 5) is 0. The quantitative estimate of drug-likeness (QED) is 0.834. The van der Waals surface area contributed by atoms with E-state index < -0.39 is 0 Å². The third-order valence-electron chi connectivity index (χ3n) is 3.71. The van der Waals surface area contributed by atoms with Gasteiger partial charge in [0.05, 0.1) is 6.04 Å². The number of rotatable bonds is 6. The Hall–Kier alpha value is -1.54. The fraction of sp³-hybridized carbons (Fsp3) is 0.444. The van der Waals surface area contributed by atoms with Crippen LogP contribution in [0.1, 0.15) is 54.5 Å². The highest BCUT2D eigenvalue weighted by atomic mass is 16.3. The number of benzene rings is 1. The van der Waals surface area contributed by atoms with Crippen LogP contribution in [-0.2, 0) is 6.42 Å². The van der Waals surface area contributed by atoms with Crippen molar-refractivity contribution in [3.63, 3.8) is 0 Å². The molecule has 0 aliphatic heterocycles. The summed E-state index contributed by atoms with van der Waals surface area (Å²) in [5, 5.41) is 3.63. The minimum absolute atomic E-state index is 0.221. The van der Waals surface area contributed by atoms with Crippen molar-refractivity contribution in [1.82, 2.24) is 5.32 Å². The van der Waals surface area contributed by atoms with Crippen molar-refractivity contribution in [1.29, 1.82) is 0 Å². The molecule has 2 rings (SSSR count). The molecule has 0 radical (unpaired) electrons. The molecule has 1 atom stereocenters. The molecule has 0 fully saturated rings. The Morgan fingerprint density at radius 3 is 2.30 bits per heavy atom. The van der Waals surface area contributed by atoms with Gasteiger partial charge in [-0.3, -0.25) is 0 Å². The summed E-state index contributed by atoms with van der Waals surface area (Å²) >= 11 is 0. The summed E-state index contributed by atoms with van der Waals surface area (Å²) in [7, 11) is 0. The van der Waals surface area contributed by atoms with Gasteiger partial charge in [0.2, 0.25) is 0 Å². The van der Waals surface area contributed by atoms with Gasteiger partial charge in [-0.25, -0.2) is 0 Å². The summed E-state index contributed by atoms with van der Waals surface area (Å²) in [6.45, 7) is 9.43. The van der Waals surface area contributed by atoms with E-state index in [2.05, 4.69) is 49.5 Å². The molecule has 2 heteroatoms. The third kappa shape index (κ3) is 3.31. The summed E-state index contributed by atoms with van der Waals surface area (Å²) < 4.78 is 5.70. The number of aryl methyl sites for hydroxylation is 3. The van der Waals surface area contributed by atoms with Crippen molar-refractivity contribution in [2.24, 2.45) is 0 Å². The van der Waals surface area contributed by atoms with E-state index in [1.165, 1.54) is 16.7 Å². The highest BCUT2D eigenvalue weighted by Crippen LogP contribution is 2.27. The maximum Gasteiger partial charge on any atom is 0.106 e. The topological polar surface area (TPSA) is 25.2 Å². The molecule has 0 amide bonds. The monoisotopic (exact) mass is 271 g/mol. The number of hydrogen-bond acceptors (Lipinski definition) is 2. The van der Waals surface area contributed by atoms with Crippen LogP contribution in [0.25, 0.3) is 0 Å². The zero-order valence-corrected chi connectivity index (χ0v) is 13.0. The van der Waals surface area contributed by atoms with E-state index in [1.54, 1.807) is 0 Å². The van der Waals surface area contributed by atoms with Gasteiger partial charge < -0.3 is 9.73 Å². The van der Waals surface area contributed by atoms with E-state index in [4.69, 9.17) is 4.42 Å². The number of furan rings is 1. The van der Waals surface area contributed by atoms with E-state index >= 15 is 0 Å². The molecule has 1 N–H and O–H groups in total. The normalized spacial score (nSPS) is 12.6. The smallest absolute Gasteiger partial charge is 0.106 e. The molecule has 0 saturated heterocycles. The van der Waals surface area contributed by atoms with E-state index in [0.717, 1.165) is 30.9 Å². The van der Waals surface area contributed by atoms with Crippen LogP contribution >= 0.6 is 0 Å². The standard InChI is InChI=1S/C18H25NO/c1-5-11-19-18(17-12-13(3)20-14(17)4)16-9-7-15(6-2)8-10-16/h7-10,12,18-19H,5-6,11H2,1-4H3. The summed E-state index contributed by atoms with van der Waals surface area (Å²) in [6, 6.07) is 11.3. The van der Waals surface area contributed by atoms with Crippen LogP contribution in [-0.4, -0.2) is 6.54 Å². The fourth-order valence-electron chi connectivity index (χ4n) is 2.58. The van der Waals surface area contributed by atoms with Crippen LogP contribution in [0, 0.1) is 13.8 Å². The van der Waals surface area contributed by atoms with Crippen molar-refractivity contribution < 1.29 is 4.42 Å². The largest absolute Gasteiger partial charge is 0.466 e. The number of nitrogens with one attached hydrogen (secondary N) is 1. The highest BCUT2D eigenvalue weighted by Gasteiger charge is 2.18. The summed E-state index contributed by atoms with van der Waals surface area (Å²) in [5.74, 6) is 1.99. The lowest BCUT2D eigenvalue weighted by Crippen LogP contribution is -2.23. The first-order chi connectivity index (χ1) is 9.65. The van der Waals surface area contributed by atoms with Crippen molar-refractivity contribution in [3.05, 3.63) is 58.5 Å². The molecule has 1 aromatic carbocycles. The average molecular weight is 271 g/mol. The maximum atomic E-state index is 5.70. The fourth-order valence-corrected chi connectivity index (χ4v) is 2.58. The minimum atomic E-state index is 0.221. The van der Waals surface area contributed by atoms with Gasteiger partial charge in [-0.15, -0.1) is 0 Å². The van der Waals surface area contributed by atoms with Gasteiger partial charge in [-0.05, 0) is 50.4 Å². The van der Waals surface area contributed by atoms with Crippen molar-refractivity contribution in [2.75, 3.05) is 6.54 Å². The zero-order valence-electron chi connectivity index (χ0n) is 13.0. The third-order valence-corrected chi connectivity index (χ3v) is 3.71. The second-order valence-corrected chi connectivity index (χ2v) is 5.35. The molecule has 1 aromatic heterocycles. The lowest BCUT2D eigenvalue weighted by atomic mass is 9.97. The van der Waals surface area contributed by atoms with Crippen molar-refractivity contribution >= 4 is 0 Å². The molecular formula is C18H25NO. The van der Waals surface area contributed by atoms with Crippen LogP contribution in [0.15, 0.2) is 34.7 Å². The maximum absolute atomic E-state index is 5.70. The first-order valence-electron chi connectivity index (χ1n) is 7.54. The van der Waals surface area contributed by atoms with Crippen LogP contribution in [0.2, 0.25) is 0 Å². The molecular weight excluding hydrogens is 246 g/mol. The Morgan fingerprint density at radius 2 is 1.80 bits per heavy atom. The van der Waals surface area contributed by atoms with E-state index in [-0.39, 0.29) is 6.04 Å². The highest BCUT2D eigenvalue weighted by molar-refractivity contribution is 5.35. The molecule has 108 valence electrons. The van der Waals surface area contributed by atoms with E-state index in [1.807, 2.05) is 13.8 Å². The Balaban J connectivity index is 2.33. The molecule has 0 saturated carbocycles. The average Bonchev–Trinajstić information content (AvgIpc) is 2.79. The Kier molecular flexibility index (Phi) is 5.02. The molecule has 0 spiro atoms. The van der Waals surface area contributed by atoms with Crippen LogP contribution < -0.4 is 5.32 Å². The Labute approximate surface area is 122 Å². The van der Waals surface area contributed by atoms with Gasteiger partial charge in [0.15, 0.2) is 0 Å². The first-order valence-corrected chi connectivity index (χ1v) is 7.54. The molecule has 0 aliphatic rings. The molecule has 20 heavy (non-hydrogen) atoms. The van der Waals surface area contributed by atoms with Gasteiger partial charge in [-0.2, -0.15) is 0 Å². The van der Waals surface area contributed by atoms with Gasteiger partial charge >= 0.3 is 0 Å². The van der Waals surface area contributed by atoms with Crippen LogP contribution in [0.3, 0.4) is 0 Å². The lowest BCUT2D eigenvalue weighted by Gasteiger charge is -2.19. The molecule has 1 unspecified atom stereocenters. The lowest BCUT2D eigenvalue weighted by molar-refractivity contribution is 0.493. The van der Waals surface area contributed by atoms with Crippen LogP contribution in [0.4, 0.5) is 0 Å².